The number of carbonyl (C=O) groups excluding carboxylic acids is 1. The van der Waals surface area contributed by atoms with Gasteiger partial charge in [0, 0.05) is 30.9 Å². The van der Waals surface area contributed by atoms with E-state index in [2.05, 4.69) is 9.97 Å². The SMILES string of the molecule is CCN(CC)S(=O)(=O)c1ccc(C(=O)N(Cc2ccccn2)c2nc3c(F)cc(F)cc3s2)cc1. The van der Waals surface area contributed by atoms with Crippen LogP contribution < -0.4 is 4.90 Å². The predicted octanol–water partition coefficient (Wildman–Crippen LogP) is 4.85. The highest BCUT2D eigenvalue weighted by atomic mass is 32.2. The Morgan fingerprint density at radius 2 is 1.74 bits per heavy atom. The summed E-state index contributed by atoms with van der Waals surface area (Å²) < 4.78 is 55.1. The third-order valence-corrected chi connectivity index (χ3v) is 8.46. The number of benzene rings is 2. The number of pyridine rings is 1. The lowest BCUT2D eigenvalue weighted by atomic mass is 10.2. The van der Waals surface area contributed by atoms with Crippen molar-refractivity contribution in [2.45, 2.75) is 25.3 Å². The largest absolute Gasteiger partial charge is 0.278 e. The van der Waals surface area contributed by atoms with Crippen molar-refractivity contribution in [2.24, 2.45) is 0 Å². The van der Waals surface area contributed by atoms with Crippen LogP contribution in [0.25, 0.3) is 10.2 Å². The second kappa shape index (κ2) is 10.1. The molecule has 0 unspecified atom stereocenters. The third-order valence-electron chi connectivity index (χ3n) is 5.37. The number of amides is 1. The minimum absolute atomic E-state index is 0.0308. The Hall–Kier alpha value is -3.28. The lowest BCUT2D eigenvalue weighted by Gasteiger charge is -2.21. The summed E-state index contributed by atoms with van der Waals surface area (Å²) >= 11 is 0.977. The van der Waals surface area contributed by atoms with Gasteiger partial charge in [0.2, 0.25) is 10.0 Å². The molecule has 2 heterocycles. The van der Waals surface area contributed by atoms with Crippen LogP contribution >= 0.6 is 11.3 Å². The Balaban J connectivity index is 1.73. The highest BCUT2D eigenvalue weighted by Crippen LogP contribution is 2.33. The van der Waals surface area contributed by atoms with Gasteiger partial charge in [-0.15, -0.1) is 0 Å². The summed E-state index contributed by atoms with van der Waals surface area (Å²) in [6.07, 6.45) is 1.58. The lowest BCUT2D eigenvalue weighted by molar-refractivity contribution is 0.0984. The zero-order valence-electron chi connectivity index (χ0n) is 19.0. The molecule has 2 aromatic heterocycles. The van der Waals surface area contributed by atoms with Crippen molar-refractivity contribution in [1.29, 1.82) is 0 Å². The number of carbonyl (C=O) groups is 1. The Bertz CT molecular complexity index is 1460. The first-order valence-electron chi connectivity index (χ1n) is 10.8. The summed E-state index contributed by atoms with van der Waals surface area (Å²) in [6, 6.07) is 12.8. The predicted molar refractivity (Wildman–Crippen MR) is 131 cm³/mol. The van der Waals surface area contributed by atoms with E-state index in [-0.39, 0.29) is 32.4 Å². The van der Waals surface area contributed by atoms with Crippen LogP contribution in [0, 0.1) is 11.6 Å². The minimum atomic E-state index is -3.68. The number of hydrogen-bond donors (Lipinski definition) is 0. The second-order valence-corrected chi connectivity index (χ2v) is 10.5. The van der Waals surface area contributed by atoms with Crippen molar-refractivity contribution >= 4 is 42.6 Å². The molecule has 0 saturated carbocycles. The first kappa shape index (κ1) is 24.8. The van der Waals surface area contributed by atoms with Crippen molar-refractivity contribution in [1.82, 2.24) is 14.3 Å². The highest BCUT2D eigenvalue weighted by Gasteiger charge is 2.25. The van der Waals surface area contributed by atoms with Gasteiger partial charge in [-0.2, -0.15) is 4.31 Å². The first-order valence-corrected chi connectivity index (χ1v) is 13.1. The van der Waals surface area contributed by atoms with E-state index >= 15 is 0 Å². The van der Waals surface area contributed by atoms with Crippen molar-refractivity contribution in [3.8, 4) is 0 Å². The molecule has 4 rings (SSSR count). The number of nitrogens with zero attached hydrogens (tertiary/aromatic N) is 4. The smallest absolute Gasteiger partial charge is 0.260 e. The average molecular weight is 517 g/mol. The second-order valence-electron chi connectivity index (χ2n) is 7.56. The molecule has 0 bridgehead atoms. The quantitative estimate of drug-likeness (QED) is 0.334. The summed E-state index contributed by atoms with van der Waals surface area (Å²) in [7, 11) is -3.68. The Morgan fingerprint density at radius 3 is 2.37 bits per heavy atom. The normalized spacial score (nSPS) is 11.8. The Morgan fingerprint density at radius 1 is 1.03 bits per heavy atom. The van der Waals surface area contributed by atoms with Gasteiger partial charge < -0.3 is 0 Å². The molecule has 4 aromatic rings. The van der Waals surface area contributed by atoms with Crippen molar-refractivity contribution in [3.05, 3.63) is 83.7 Å². The molecule has 0 aliphatic rings. The molecule has 7 nitrogen and oxygen atoms in total. The molecule has 0 saturated heterocycles. The highest BCUT2D eigenvalue weighted by molar-refractivity contribution is 7.89. The first-order chi connectivity index (χ1) is 16.7. The van der Waals surface area contributed by atoms with Crippen molar-refractivity contribution in [2.75, 3.05) is 18.0 Å². The van der Waals surface area contributed by atoms with E-state index in [0.29, 0.717) is 18.8 Å². The van der Waals surface area contributed by atoms with Gasteiger partial charge in [0.15, 0.2) is 10.9 Å². The van der Waals surface area contributed by atoms with Gasteiger partial charge in [-0.1, -0.05) is 31.3 Å². The molecule has 0 atom stereocenters. The molecule has 0 fully saturated rings. The molecule has 182 valence electrons. The fourth-order valence-electron chi connectivity index (χ4n) is 3.58. The maximum Gasteiger partial charge on any atom is 0.260 e. The molecule has 0 spiro atoms. The molecule has 1 amide bonds. The number of thiazole rings is 1. The van der Waals surface area contributed by atoms with Crippen molar-refractivity contribution < 1.29 is 22.0 Å². The molecule has 11 heteroatoms. The zero-order valence-corrected chi connectivity index (χ0v) is 20.6. The van der Waals surface area contributed by atoms with E-state index in [4.69, 9.17) is 0 Å². The molecule has 0 aliphatic heterocycles. The van der Waals surface area contributed by atoms with Gasteiger partial charge in [-0.05, 0) is 42.5 Å². The number of fused-ring (bicyclic) bond motifs is 1. The molecular weight excluding hydrogens is 494 g/mol. The van der Waals surface area contributed by atoms with Crippen LogP contribution in [-0.2, 0) is 16.6 Å². The fraction of sp³-hybridized carbons (Fsp3) is 0.208. The molecule has 0 aliphatic carbocycles. The van der Waals surface area contributed by atoms with E-state index in [1.807, 2.05) is 0 Å². The lowest BCUT2D eigenvalue weighted by Crippen LogP contribution is -2.31. The maximum absolute atomic E-state index is 14.3. The number of hydrogen-bond acceptors (Lipinski definition) is 6. The van der Waals surface area contributed by atoms with Crippen LogP contribution in [0.15, 0.2) is 65.7 Å². The van der Waals surface area contributed by atoms with Gasteiger partial charge in [0.25, 0.3) is 5.91 Å². The average Bonchev–Trinajstić information content (AvgIpc) is 3.27. The topological polar surface area (TPSA) is 83.5 Å². The summed E-state index contributed by atoms with van der Waals surface area (Å²) in [5, 5.41) is 0.167. The van der Waals surface area contributed by atoms with E-state index in [9.17, 15) is 22.0 Å². The van der Waals surface area contributed by atoms with Crippen molar-refractivity contribution in [3.63, 3.8) is 0 Å². The fourth-order valence-corrected chi connectivity index (χ4v) is 6.04. The summed E-state index contributed by atoms with van der Waals surface area (Å²) in [5.41, 5.74) is 0.740. The van der Waals surface area contributed by atoms with Gasteiger partial charge in [-0.3, -0.25) is 14.7 Å². The van der Waals surface area contributed by atoms with E-state index < -0.39 is 27.6 Å². The van der Waals surface area contributed by atoms with E-state index in [0.717, 1.165) is 23.5 Å². The van der Waals surface area contributed by atoms with Crippen LogP contribution in [-0.4, -0.2) is 41.7 Å². The van der Waals surface area contributed by atoms with Gasteiger partial charge in [0.1, 0.15) is 11.3 Å². The molecule has 2 aromatic carbocycles. The molecular formula is C24H22F2N4O3S2. The molecule has 0 N–H and O–H groups in total. The van der Waals surface area contributed by atoms with Crippen LogP contribution in [0.3, 0.4) is 0 Å². The summed E-state index contributed by atoms with van der Waals surface area (Å²) in [4.78, 5) is 23.4. The standard InChI is InChI=1S/C24H22F2N4O3S2/c1-3-29(4-2)35(32,33)19-10-8-16(9-11-19)23(31)30(15-18-7-5-6-12-27-18)24-28-22-20(26)13-17(25)14-21(22)34-24/h5-14H,3-4,15H2,1-2H3. The van der Waals surface area contributed by atoms with Crippen LogP contribution in [0.5, 0.6) is 0 Å². The van der Waals surface area contributed by atoms with Gasteiger partial charge in [0.05, 0.1) is 21.8 Å². The maximum atomic E-state index is 14.3. The zero-order chi connectivity index (χ0) is 25.2. The number of halogens is 2. The molecule has 0 radical (unpaired) electrons. The van der Waals surface area contributed by atoms with Gasteiger partial charge >= 0.3 is 0 Å². The number of rotatable bonds is 8. The number of aromatic nitrogens is 2. The van der Waals surface area contributed by atoms with Crippen LogP contribution in [0.2, 0.25) is 0 Å². The Kier molecular flexibility index (Phi) is 7.20. The monoisotopic (exact) mass is 516 g/mol. The van der Waals surface area contributed by atoms with Crippen LogP contribution in [0.4, 0.5) is 13.9 Å². The third kappa shape index (κ3) is 5.07. The van der Waals surface area contributed by atoms with Crippen LogP contribution in [0.1, 0.15) is 29.9 Å². The minimum Gasteiger partial charge on any atom is -0.278 e. The van der Waals surface area contributed by atoms with E-state index in [1.54, 1.807) is 38.2 Å². The molecule has 35 heavy (non-hydrogen) atoms. The Labute approximate surface area is 205 Å². The number of sulfonamides is 1. The van der Waals surface area contributed by atoms with E-state index in [1.165, 1.54) is 33.5 Å². The van der Waals surface area contributed by atoms with Gasteiger partial charge in [-0.25, -0.2) is 22.2 Å². The number of anilines is 1. The summed E-state index contributed by atoms with van der Waals surface area (Å²) in [5.74, 6) is -2.04. The summed E-state index contributed by atoms with van der Waals surface area (Å²) in [6.45, 7) is 4.18.